The number of imidazole rings is 1. The van der Waals surface area contributed by atoms with Gasteiger partial charge in [-0.3, -0.25) is 14.0 Å². The molecule has 0 spiro atoms. The zero-order chi connectivity index (χ0) is 22.4. The van der Waals surface area contributed by atoms with Crippen LogP contribution in [-0.2, 0) is 0 Å². The van der Waals surface area contributed by atoms with E-state index in [1.54, 1.807) is 21.4 Å². The Labute approximate surface area is 191 Å². The summed E-state index contributed by atoms with van der Waals surface area (Å²) in [5.74, 6) is -0.696. The molecule has 3 aromatic heterocycles. The summed E-state index contributed by atoms with van der Waals surface area (Å²) in [5, 5.41) is 5.62. The molecule has 1 aliphatic rings. The normalized spacial score (nSPS) is 15.7. The first kappa shape index (κ1) is 20.8. The summed E-state index contributed by atoms with van der Waals surface area (Å²) in [6.07, 6.45) is 2.63. The lowest BCUT2D eigenvalue weighted by Crippen LogP contribution is -2.56. The summed E-state index contributed by atoms with van der Waals surface area (Å²) in [5.41, 5.74) is 2.34. The Morgan fingerprint density at radius 2 is 2.00 bits per heavy atom. The Kier molecular flexibility index (Phi) is 5.26. The van der Waals surface area contributed by atoms with Crippen LogP contribution in [0.4, 0.5) is 4.39 Å². The van der Waals surface area contributed by atoms with E-state index in [9.17, 15) is 14.0 Å². The van der Waals surface area contributed by atoms with Crippen LogP contribution in [0.5, 0.6) is 0 Å². The van der Waals surface area contributed by atoms with Gasteiger partial charge in [0.25, 0.3) is 11.8 Å². The number of rotatable bonds is 5. The number of carbonyl (C=O) groups is 2. The maximum absolute atomic E-state index is 13.3. The van der Waals surface area contributed by atoms with E-state index in [0.29, 0.717) is 30.2 Å². The van der Waals surface area contributed by atoms with Gasteiger partial charge in [0.05, 0.1) is 21.6 Å². The number of amides is 2. The second-order valence-electron chi connectivity index (χ2n) is 7.67. The Morgan fingerprint density at radius 1 is 1.22 bits per heavy atom. The first-order valence-electron chi connectivity index (χ1n) is 10.2. The van der Waals surface area contributed by atoms with Crippen molar-refractivity contribution in [3.8, 4) is 10.4 Å². The summed E-state index contributed by atoms with van der Waals surface area (Å²) in [6, 6.07) is 5.98. The molecule has 2 amide bonds. The van der Waals surface area contributed by atoms with Gasteiger partial charge in [-0.05, 0) is 38.0 Å². The van der Waals surface area contributed by atoms with E-state index in [0.717, 1.165) is 26.8 Å². The minimum atomic E-state index is -0.324. The van der Waals surface area contributed by atoms with Crippen LogP contribution in [0, 0.1) is 19.7 Å². The van der Waals surface area contributed by atoms with Gasteiger partial charge in [-0.25, -0.2) is 14.4 Å². The van der Waals surface area contributed by atoms with E-state index >= 15 is 0 Å². The molecule has 1 atom stereocenters. The van der Waals surface area contributed by atoms with Crippen molar-refractivity contribution in [1.82, 2.24) is 24.6 Å². The van der Waals surface area contributed by atoms with Crippen molar-refractivity contribution >= 4 is 39.4 Å². The first-order valence-corrected chi connectivity index (χ1v) is 11.9. The van der Waals surface area contributed by atoms with Crippen molar-refractivity contribution in [2.24, 2.45) is 0 Å². The molecule has 1 aromatic carbocycles. The number of hydrogen-bond donors (Lipinski definition) is 1. The zero-order valence-corrected chi connectivity index (χ0v) is 19.1. The van der Waals surface area contributed by atoms with Crippen molar-refractivity contribution in [3.63, 3.8) is 0 Å². The molecule has 1 N–H and O–H groups in total. The number of benzene rings is 1. The molecule has 0 aliphatic carbocycles. The number of hydrogen-bond acceptors (Lipinski definition) is 6. The fourth-order valence-corrected chi connectivity index (χ4v) is 5.56. The molecule has 0 radical (unpaired) electrons. The van der Waals surface area contributed by atoms with Crippen LogP contribution < -0.4 is 5.32 Å². The Bertz CT molecular complexity index is 1320. The molecule has 0 bridgehead atoms. The molecule has 0 unspecified atom stereocenters. The van der Waals surface area contributed by atoms with Gasteiger partial charge in [0, 0.05) is 24.7 Å². The number of nitrogens with one attached hydrogen (secondary N) is 1. The van der Waals surface area contributed by atoms with Crippen LogP contribution in [0.25, 0.3) is 15.4 Å². The third-order valence-electron chi connectivity index (χ3n) is 5.60. The highest BCUT2D eigenvalue weighted by Crippen LogP contribution is 2.33. The van der Waals surface area contributed by atoms with Crippen LogP contribution in [0.2, 0.25) is 0 Å². The SMILES string of the molecule is Cc1nc(C(=O)N2CC[C@@H]2CNC(=O)c2c(C)nc3sccn23)c(-c2ccc(F)cc2)s1. The third-order valence-corrected chi connectivity index (χ3v) is 7.37. The highest BCUT2D eigenvalue weighted by atomic mass is 32.1. The van der Waals surface area contributed by atoms with E-state index in [1.165, 1.54) is 34.8 Å². The van der Waals surface area contributed by atoms with E-state index in [4.69, 9.17) is 0 Å². The molecule has 164 valence electrons. The van der Waals surface area contributed by atoms with Crippen LogP contribution in [0.15, 0.2) is 35.8 Å². The van der Waals surface area contributed by atoms with Gasteiger partial charge in [0.15, 0.2) is 4.96 Å². The van der Waals surface area contributed by atoms with Gasteiger partial charge in [0.1, 0.15) is 17.2 Å². The van der Waals surface area contributed by atoms with Crippen molar-refractivity contribution < 1.29 is 14.0 Å². The van der Waals surface area contributed by atoms with Gasteiger partial charge >= 0.3 is 0 Å². The van der Waals surface area contributed by atoms with Crippen molar-refractivity contribution in [3.05, 3.63) is 63.7 Å². The lowest BCUT2D eigenvalue weighted by atomic mass is 10.0. The number of aryl methyl sites for hydroxylation is 2. The molecule has 1 saturated heterocycles. The highest BCUT2D eigenvalue weighted by Gasteiger charge is 2.35. The molecule has 1 fully saturated rings. The van der Waals surface area contributed by atoms with E-state index in [1.807, 2.05) is 25.4 Å². The van der Waals surface area contributed by atoms with Gasteiger partial charge in [-0.15, -0.1) is 22.7 Å². The maximum Gasteiger partial charge on any atom is 0.274 e. The minimum Gasteiger partial charge on any atom is -0.349 e. The number of carbonyl (C=O) groups excluding carboxylic acids is 2. The smallest absolute Gasteiger partial charge is 0.274 e. The van der Waals surface area contributed by atoms with Gasteiger partial charge < -0.3 is 10.2 Å². The van der Waals surface area contributed by atoms with Gasteiger partial charge in [0.2, 0.25) is 0 Å². The standard InChI is InChI=1S/C22H20FN5O2S2/c1-12-18(28-9-10-31-22(28)25-12)20(29)24-11-16-7-8-27(16)21(30)17-19(32-13(2)26-17)14-3-5-15(23)6-4-14/h3-6,9-10,16H,7-8,11H2,1-2H3,(H,24,29)/t16-/m1/s1. The topological polar surface area (TPSA) is 79.6 Å². The predicted octanol–water partition coefficient (Wildman–Crippen LogP) is 3.92. The second-order valence-corrected chi connectivity index (χ2v) is 9.75. The molecular weight excluding hydrogens is 449 g/mol. The van der Waals surface area contributed by atoms with Crippen molar-refractivity contribution in [2.45, 2.75) is 26.3 Å². The summed E-state index contributed by atoms with van der Waals surface area (Å²) >= 11 is 2.89. The van der Waals surface area contributed by atoms with Gasteiger partial charge in [-0.1, -0.05) is 12.1 Å². The van der Waals surface area contributed by atoms with Gasteiger partial charge in [-0.2, -0.15) is 0 Å². The number of nitrogens with zero attached hydrogens (tertiary/aromatic N) is 4. The zero-order valence-electron chi connectivity index (χ0n) is 17.5. The molecule has 10 heteroatoms. The predicted molar refractivity (Wildman–Crippen MR) is 122 cm³/mol. The van der Waals surface area contributed by atoms with Crippen molar-refractivity contribution in [1.29, 1.82) is 0 Å². The molecule has 5 rings (SSSR count). The number of thiazole rings is 2. The maximum atomic E-state index is 13.3. The summed E-state index contributed by atoms with van der Waals surface area (Å²) < 4.78 is 15.1. The number of likely N-dealkylation sites (tertiary alicyclic amines) is 1. The lowest BCUT2D eigenvalue weighted by molar-refractivity contribution is 0.0451. The monoisotopic (exact) mass is 469 g/mol. The summed E-state index contributed by atoms with van der Waals surface area (Å²) in [7, 11) is 0. The fraction of sp³-hybridized carbons (Fsp3) is 0.273. The minimum absolute atomic E-state index is 0.0966. The average Bonchev–Trinajstić information content (AvgIpc) is 3.41. The van der Waals surface area contributed by atoms with Crippen molar-refractivity contribution in [2.75, 3.05) is 13.1 Å². The molecule has 0 saturated carbocycles. The largest absolute Gasteiger partial charge is 0.349 e. The Hall–Kier alpha value is -3.11. The van der Waals surface area contributed by atoms with Crippen LogP contribution in [-0.4, -0.2) is 50.2 Å². The Balaban J connectivity index is 1.30. The quantitative estimate of drug-likeness (QED) is 0.481. The summed E-state index contributed by atoms with van der Waals surface area (Å²) in [4.78, 5) is 38.2. The third kappa shape index (κ3) is 3.59. The molecule has 7 nitrogen and oxygen atoms in total. The number of fused-ring (bicyclic) bond motifs is 1. The molecule has 4 aromatic rings. The average molecular weight is 470 g/mol. The lowest BCUT2D eigenvalue weighted by Gasteiger charge is -2.40. The number of aromatic nitrogens is 3. The van der Waals surface area contributed by atoms with Crippen LogP contribution in [0.1, 0.15) is 38.1 Å². The van der Waals surface area contributed by atoms with E-state index < -0.39 is 0 Å². The van der Waals surface area contributed by atoms with E-state index in [-0.39, 0.29) is 23.7 Å². The number of halogens is 1. The Morgan fingerprint density at radius 3 is 2.72 bits per heavy atom. The fourth-order valence-electron chi connectivity index (χ4n) is 3.89. The van der Waals surface area contributed by atoms with Crippen LogP contribution in [0.3, 0.4) is 0 Å². The molecule has 4 heterocycles. The second kappa shape index (κ2) is 8.10. The van der Waals surface area contributed by atoms with Crippen LogP contribution >= 0.6 is 22.7 Å². The molecule has 32 heavy (non-hydrogen) atoms. The highest BCUT2D eigenvalue weighted by molar-refractivity contribution is 7.15. The molecular formula is C22H20FN5O2S2. The molecule has 1 aliphatic heterocycles. The first-order chi connectivity index (χ1) is 15.4. The van der Waals surface area contributed by atoms with E-state index in [2.05, 4.69) is 15.3 Å². The summed E-state index contributed by atoms with van der Waals surface area (Å²) in [6.45, 7) is 4.63.